The fourth-order valence-electron chi connectivity index (χ4n) is 3.69. The Kier molecular flexibility index (Phi) is 4.48. The lowest BCUT2D eigenvalue weighted by atomic mass is 9.70. The van der Waals surface area contributed by atoms with Crippen LogP contribution in [0.15, 0.2) is 0 Å². The third-order valence-corrected chi connectivity index (χ3v) is 5.04. The van der Waals surface area contributed by atoms with E-state index in [0.29, 0.717) is 5.92 Å². The van der Waals surface area contributed by atoms with Gasteiger partial charge in [-0.25, -0.2) is 0 Å². The van der Waals surface area contributed by atoms with Gasteiger partial charge < -0.3 is 10.0 Å². The standard InChI is InChI=1S/C15H29NO/c1-3-10-16-11-8-15(17,9-12-16)14-6-4-13(2)5-7-14/h13-14,17H,3-12H2,1-2H3. The van der Waals surface area contributed by atoms with Gasteiger partial charge in [0.2, 0.25) is 0 Å². The molecule has 2 heteroatoms. The highest BCUT2D eigenvalue weighted by Crippen LogP contribution is 2.40. The minimum absolute atomic E-state index is 0.329. The average molecular weight is 239 g/mol. The molecule has 1 aliphatic heterocycles. The van der Waals surface area contributed by atoms with Crippen LogP contribution in [0.25, 0.3) is 0 Å². The van der Waals surface area contributed by atoms with Gasteiger partial charge in [0.05, 0.1) is 5.60 Å². The highest BCUT2D eigenvalue weighted by molar-refractivity contribution is 4.93. The molecule has 0 radical (unpaired) electrons. The molecule has 0 amide bonds. The number of hydrogen-bond donors (Lipinski definition) is 1. The van der Waals surface area contributed by atoms with Crippen molar-refractivity contribution in [1.82, 2.24) is 4.90 Å². The molecule has 0 spiro atoms. The van der Waals surface area contributed by atoms with E-state index in [1.807, 2.05) is 0 Å². The molecule has 0 atom stereocenters. The molecule has 0 bridgehead atoms. The van der Waals surface area contributed by atoms with Gasteiger partial charge in [-0.05, 0) is 50.5 Å². The summed E-state index contributed by atoms with van der Waals surface area (Å²) in [6.07, 6.45) is 8.41. The lowest BCUT2D eigenvalue weighted by Gasteiger charge is -2.45. The maximum Gasteiger partial charge on any atom is 0.0700 e. The lowest BCUT2D eigenvalue weighted by molar-refractivity contribution is -0.0802. The maximum absolute atomic E-state index is 10.8. The number of aliphatic hydroxyl groups is 1. The van der Waals surface area contributed by atoms with E-state index in [1.54, 1.807) is 0 Å². The van der Waals surface area contributed by atoms with Crippen molar-refractivity contribution in [2.24, 2.45) is 11.8 Å². The number of nitrogens with zero attached hydrogens (tertiary/aromatic N) is 1. The molecular weight excluding hydrogens is 210 g/mol. The van der Waals surface area contributed by atoms with Crippen LogP contribution in [0.2, 0.25) is 0 Å². The summed E-state index contributed by atoms with van der Waals surface area (Å²) >= 11 is 0. The molecule has 0 unspecified atom stereocenters. The van der Waals surface area contributed by atoms with E-state index in [0.717, 1.165) is 31.8 Å². The van der Waals surface area contributed by atoms with Crippen LogP contribution < -0.4 is 0 Å². The summed E-state index contributed by atoms with van der Waals surface area (Å²) in [5, 5.41) is 10.8. The van der Waals surface area contributed by atoms with Crippen LogP contribution >= 0.6 is 0 Å². The van der Waals surface area contributed by atoms with Gasteiger partial charge in [-0.1, -0.05) is 26.7 Å². The minimum atomic E-state index is -0.329. The second-order valence-corrected chi connectivity index (χ2v) is 6.40. The Labute approximate surface area is 106 Å². The Balaban J connectivity index is 1.84. The van der Waals surface area contributed by atoms with E-state index in [4.69, 9.17) is 0 Å². The van der Waals surface area contributed by atoms with Crippen molar-refractivity contribution < 1.29 is 5.11 Å². The smallest absolute Gasteiger partial charge is 0.0700 e. The monoisotopic (exact) mass is 239 g/mol. The van der Waals surface area contributed by atoms with Gasteiger partial charge in [0.25, 0.3) is 0 Å². The Morgan fingerprint density at radius 1 is 1.12 bits per heavy atom. The van der Waals surface area contributed by atoms with E-state index in [-0.39, 0.29) is 5.60 Å². The molecule has 1 saturated carbocycles. The molecule has 100 valence electrons. The summed E-state index contributed by atoms with van der Waals surface area (Å²) in [5.74, 6) is 1.47. The number of rotatable bonds is 3. The normalized spacial score (nSPS) is 34.8. The lowest BCUT2D eigenvalue weighted by Crippen LogP contribution is -2.49. The molecule has 0 aromatic heterocycles. The zero-order valence-corrected chi connectivity index (χ0v) is 11.6. The van der Waals surface area contributed by atoms with Crippen LogP contribution in [0.4, 0.5) is 0 Å². The number of hydrogen-bond acceptors (Lipinski definition) is 2. The first-order valence-corrected chi connectivity index (χ1v) is 7.59. The highest BCUT2D eigenvalue weighted by atomic mass is 16.3. The molecule has 2 nitrogen and oxygen atoms in total. The molecule has 1 N–H and O–H groups in total. The molecule has 1 saturated heterocycles. The fourth-order valence-corrected chi connectivity index (χ4v) is 3.69. The first kappa shape index (κ1) is 13.4. The van der Waals surface area contributed by atoms with Gasteiger partial charge in [-0.3, -0.25) is 0 Å². The third-order valence-electron chi connectivity index (χ3n) is 5.04. The van der Waals surface area contributed by atoms with Crippen molar-refractivity contribution in [3.63, 3.8) is 0 Å². The van der Waals surface area contributed by atoms with Crippen molar-refractivity contribution in [3.05, 3.63) is 0 Å². The van der Waals surface area contributed by atoms with E-state index >= 15 is 0 Å². The molecular formula is C15H29NO. The predicted molar refractivity (Wildman–Crippen MR) is 72.0 cm³/mol. The predicted octanol–water partition coefficient (Wildman–Crippen LogP) is 3.05. The van der Waals surface area contributed by atoms with E-state index in [1.165, 1.54) is 38.6 Å². The van der Waals surface area contributed by atoms with Crippen LogP contribution in [0, 0.1) is 11.8 Å². The van der Waals surface area contributed by atoms with E-state index < -0.39 is 0 Å². The van der Waals surface area contributed by atoms with Crippen molar-refractivity contribution in [2.45, 2.75) is 64.4 Å². The van der Waals surface area contributed by atoms with E-state index in [9.17, 15) is 5.11 Å². The SMILES string of the molecule is CCCN1CCC(O)(C2CCC(C)CC2)CC1. The van der Waals surface area contributed by atoms with Gasteiger partial charge >= 0.3 is 0 Å². The summed E-state index contributed by atoms with van der Waals surface area (Å²) in [4.78, 5) is 2.51. The van der Waals surface area contributed by atoms with Crippen LogP contribution in [-0.4, -0.2) is 35.2 Å². The highest BCUT2D eigenvalue weighted by Gasteiger charge is 2.40. The molecule has 0 aromatic rings. The van der Waals surface area contributed by atoms with Crippen molar-refractivity contribution in [3.8, 4) is 0 Å². The van der Waals surface area contributed by atoms with Gasteiger partial charge in [-0.15, -0.1) is 0 Å². The first-order valence-electron chi connectivity index (χ1n) is 7.59. The van der Waals surface area contributed by atoms with Crippen molar-refractivity contribution >= 4 is 0 Å². The molecule has 2 aliphatic rings. The molecule has 0 aromatic carbocycles. The molecule has 2 rings (SSSR count). The Morgan fingerprint density at radius 3 is 2.24 bits per heavy atom. The molecule has 17 heavy (non-hydrogen) atoms. The quantitative estimate of drug-likeness (QED) is 0.818. The maximum atomic E-state index is 10.8. The topological polar surface area (TPSA) is 23.5 Å². The summed E-state index contributed by atoms with van der Waals surface area (Å²) < 4.78 is 0. The van der Waals surface area contributed by atoms with Crippen molar-refractivity contribution in [1.29, 1.82) is 0 Å². The van der Waals surface area contributed by atoms with Gasteiger partial charge in [0.1, 0.15) is 0 Å². The first-order chi connectivity index (χ1) is 8.14. The number of likely N-dealkylation sites (tertiary alicyclic amines) is 1. The average Bonchev–Trinajstić information content (AvgIpc) is 2.33. The third kappa shape index (κ3) is 3.23. The van der Waals surface area contributed by atoms with Gasteiger partial charge in [0.15, 0.2) is 0 Å². The van der Waals surface area contributed by atoms with E-state index in [2.05, 4.69) is 18.7 Å². The number of piperidine rings is 1. The second-order valence-electron chi connectivity index (χ2n) is 6.40. The van der Waals surface area contributed by atoms with Crippen molar-refractivity contribution in [2.75, 3.05) is 19.6 Å². The second kappa shape index (κ2) is 5.71. The van der Waals surface area contributed by atoms with Crippen LogP contribution in [0.5, 0.6) is 0 Å². The summed E-state index contributed by atoms with van der Waals surface area (Å²) in [6.45, 7) is 8.01. The zero-order valence-electron chi connectivity index (χ0n) is 11.6. The van der Waals surface area contributed by atoms with Crippen LogP contribution in [-0.2, 0) is 0 Å². The van der Waals surface area contributed by atoms with Gasteiger partial charge in [0, 0.05) is 13.1 Å². The zero-order chi connectivity index (χ0) is 12.3. The molecule has 1 heterocycles. The Hall–Kier alpha value is -0.0800. The minimum Gasteiger partial charge on any atom is -0.390 e. The van der Waals surface area contributed by atoms with Crippen LogP contribution in [0.1, 0.15) is 58.8 Å². The summed E-state index contributed by atoms with van der Waals surface area (Å²) in [6, 6.07) is 0. The summed E-state index contributed by atoms with van der Waals surface area (Å²) in [7, 11) is 0. The Bertz CT molecular complexity index is 225. The summed E-state index contributed by atoms with van der Waals surface area (Å²) in [5.41, 5.74) is -0.329. The largest absolute Gasteiger partial charge is 0.390 e. The van der Waals surface area contributed by atoms with Gasteiger partial charge in [-0.2, -0.15) is 0 Å². The Morgan fingerprint density at radius 2 is 1.71 bits per heavy atom. The molecule has 1 aliphatic carbocycles. The fraction of sp³-hybridized carbons (Fsp3) is 1.00. The molecule has 2 fully saturated rings. The van der Waals surface area contributed by atoms with Crippen LogP contribution in [0.3, 0.4) is 0 Å².